The molecule has 0 aliphatic rings. The molecule has 0 bridgehead atoms. The number of amides is 1. The molecule has 2 rings (SSSR count). The smallest absolute Gasteiger partial charge is 0.416 e. The molecule has 2 aromatic carbocycles. The van der Waals surface area contributed by atoms with Crippen LogP contribution in [0.1, 0.15) is 16.7 Å². The van der Waals surface area contributed by atoms with Crippen LogP contribution in [0.5, 0.6) is 5.75 Å². The van der Waals surface area contributed by atoms with E-state index >= 15 is 0 Å². The molecule has 0 atom stereocenters. The van der Waals surface area contributed by atoms with Gasteiger partial charge >= 0.3 is 6.18 Å². The molecule has 2 aromatic rings. The third kappa shape index (κ3) is 5.88. The molecule has 0 aliphatic heterocycles. The molecule has 0 saturated heterocycles. The van der Waals surface area contributed by atoms with Gasteiger partial charge in [0.2, 0.25) is 0 Å². The fraction of sp³-hybridized carbons (Fsp3) is 0.278. The summed E-state index contributed by atoms with van der Waals surface area (Å²) >= 11 is 0.454. The Morgan fingerprint density at radius 1 is 1.18 bits per heavy atom. The summed E-state index contributed by atoms with van der Waals surface area (Å²) in [6.45, 7) is 4.21. The van der Waals surface area contributed by atoms with E-state index in [1.807, 2.05) is 26.0 Å². The molecule has 0 unspecified atom stereocenters. The van der Waals surface area contributed by atoms with E-state index in [-0.39, 0.29) is 18.0 Å². The molecule has 0 aliphatic carbocycles. The van der Waals surface area contributed by atoms with Crippen LogP contribution in [-0.2, 0) is 6.18 Å². The zero-order valence-corrected chi connectivity index (χ0v) is 15.8. The van der Waals surface area contributed by atoms with E-state index in [0.717, 1.165) is 17.2 Å². The van der Waals surface area contributed by atoms with Crippen LogP contribution in [0.25, 0.3) is 0 Å². The molecule has 150 valence electrons. The number of thioether (sulfide) groups is 1. The molecule has 28 heavy (non-hydrogen) atoms. The maximum atomic E-state index is 12.7. The van der Waals surface area contributed by atoms with Crippen molar-refractivity contribution in [3.05, 3.63) is 63.2 Å². The van der Waals surface area contributed by atoms with Gasteiger partial charge in [0, 0.05) is 6.07 Å². The zero-order valence-electron chi connectivity index (χ0n) is 15.0. The van der Waals surface area contributed by atoms with Crippen LogP contribution in [0.3, 0.4) is 0 Å². The van der Waals surface area contributed by atoms with Crippen LogP contribution in [0, 0.1) is 24.0 Å². The number of ether oxygens (including phenoxy) is 1. The summed E-state index contributed by atoms with van der Waals surface area (Å²) in [5.41, 5.74) is 0.258. The van der Waals surface area contributed by atoms with Crippen molar-refractivity contribution in [2.75, 3.05) is 13.2 Å². The van der Waals surface area contributed by atoms with E-state index in [9.17, 15) is 28.1 Å². The molecular formula is C18H17F3N2O4S. The van der Waals surface area contributed by atoms with Gasteiger partial charge in [-0.15, -0.1) is 0 Å². The fourth-order valence-corrected chi connectivity index (χ4v) is 2.93. The van der Waals surface area contributed by atoms with Crippen LogP contribution in [0.4, 0.5) is 23.7 Å². The second-order valence-electron chi connectivity index (χ2n) is 5.85. The first-order chi connectivity index (χ1) is 13.1. The average Bonchev–Trinajstić information content (AvgIpc) is 2.61. The van der Waals surface area contributed by atoms with Crippen molar-refractivity contribution in [3.63, 3.8) is 0 Å². The Bertz CT molecular complexity index is 888. The third-order valence-electron chi connectivity index (χ3n) is 3.80. The van der Waals surface area contributed by atoms with Crippen molar-refractivity contribution < 1.29 is 27.6 Å². The highest BCUT2D eigenvalue weighted by Crippen LogP contribution is 2.36. The van der Waals surface area contributed by atoms with E-state index in [2.05, 4.69) is 5.32 Å². The van der Waals surface area contributed by atoms with E-state index < -0.39 is 27.6 Å². The molecule has 0 fully saturated rings. The lowest BCUT2D eigenvalue weighted by Gasteiger charge is -2.10. The second kappa shape index (κ2) is 8.96. The van der Waals surface area contributed by atoms with Crippen molar-refractivity contribution >= 4 is 22.7 Å². The number of nitrogens with one attached hydrogen (secondary N) is 1. The van der Waals surface area contributed by atoms with E-state index in [0.29, 0.717) is 29.6 Å². The maximum Gasteiger partial charge on any atom is 0.416 e. The molecule has 1 N–H and O–H groups in total. The lowest BCUT2D eigenvalue weighted by atomic mass is 10.1. The molecule has 0 aromatic heterocycles. The number of nitro benzene ring substituents is 1. The molecule has 0 saturated carbocycles. The summed E-state index contributed by atoms with van der Waals surface area (Å²) in [5, 5.41) is 12.9. The monoisotopic (exact) mass is 414 g/mol. The molecule has 1 amide bonds. The summed E-state index contributed by atoms with van der Waals surface area (Å²) in [5.74, 6) is 0.642. The number of halogens is 3. The Balaban J connectivity index is 1.91. The predicted octanol–water partition coefficient (Wildman–Crippen LogP) is 5.11. The first-order valence-electron chi connectivity index (χ1n) is 8.09. The lowest BCUT2D eigenvalue weighted by molar-refractivity contribution is -0.388. The minimum Gasteiger partial charge on any atom is -0.492 e. The van der Waals surface area contributed by atoms with Crippen LogP contribution in [-0.4, -0.2) is 23.3 Å². The summed E-state index contributed by atoms with van der Waals surface area (Å²) in [6, 6.07) is 7.59. The maximum absolute atomic E-state index is 12.7. The number of benzene rings is 2. The van der Waals surface area contributed by atoms with Gasteiger partial charge in [0.1, 0.15) is 12.4 Å². The largest absolute Gasteiger partial charge is 0.492 e. The molecule has 0 radical (unpaired) electrons. The average molecular weight is 414 g/mol. The number of alkyl halides is 3. The summed E-state index contributed by atoms with van der Waals surface area (Å²) in [6.07, 6.45) is -4.71. The van der Waals surface area contributed by atoms with Gasteiger partial charge in [0.05, 0.1) is 21.9 Å². The number of carbonyl (C=O) groups excluding carboxylic acids is 1. The van der Waals surface area contributed by atoms with Crippen LogP contribution in [0.2, 0.25) is 0 Å². The lowest BCUT2D eigenvalue weighted by Crippen LogP contribution is -2.24. The molecule has 0 heterocycles. The number of hydrogen-bond acceptors (Lipinski definition) is 5. The summed E-state index contributed by atoms with van der Waals surface area (Å²) < 4.78 is 43.6. The van der Waals surface area contributed by atoms with E-state index in [1.54, 1.807) is 6.07 Å². The van der Waals surface area contributed by atoms with Gasteiger partial charge in [-0.1, -0.05) is 6.07 Å². The summed E-state index contributed by atoms with van der Waals surface area (Å²) in [4.78, 5) is 21.8. The zero-order chi connectivity index (χ0) is 20.9. The first-order valence-corrected chi connectivity index (χ1v) is 8.91. The summed E-state index contributed by atoms with van der Waals surface area (Å²) in [7, 11) is 0. The minimum absolute atomic E-state index is 0.132. The standard InChI is InChI=1S/C18H17F3N2O4S/c1-11-3-5-14(9-12(11)2)27-8-7-22-17(24)28-16-6-4-13(18(19,20)21)10-15(16)23(25)26/h3-6,9-10H,7-8H2,1-2H3,(H,22,24). The Kier molecular flexibility index (Phi) is 6.90. The van der Waals surface area contributed by atoms with Crippen molar-refractivity contribution in [1.82, 2.24) is 5.32 Å². The van der Waals surface area contributed by atoms with Gasteiger partial charge in [-0.25, -0.2) is 0 Å². The van der Waals surface area contributed by atoms with E-state index in [1.165, 1.54) is 0 Å². The van der Waals surface area contributed by atoms with Gasteiger partial charge < -0.3 is 10.1 Å². The number of nitro groups is 1. The highest BCUT2D eigenvalue weighted by molar-refractivity contribution is 8.13. The Hall–Kier alpha value is -2.75. The Labute approximate surface area is 163 Å². The highest BCUT2D eigenvalue weighted by Gasteiger charge is 2.33. The highest BCUT2D eigenvalue weighted by atomic mass is 32.2. The molecule has 0 spiro atoms. The quantitative estimate of drug-likeness (QED) is 0.307. The van der Waals surface area contributed by atoms with Crippen LogP contribution >= 0.6 is 11.8 Å². The Morgan fingerprint density at radius 2 is 1.89 bits per heavy atom. The SMILES string of the molecule is Cc1ccc(OCCNC(=O)Sc2ccc(C(F)(F)F)cc2[N+](=O)[O-])cc1C. The molecule has 10 heteroatoms. The number of carbonyl (C=O) groups is 1. The van der Waals surface area contributed by atoms with Crippen LogP contribution < -0.4 is 10.1 Å². The Morgan fingerprint density at radius 3 is 2.50 bits per heavy atom. The van der Waals surface area contributed by atoms with Crippen molar-refractivity contribution in [1.29, 1.82) is 0 Å². The van der Waals surface area contributed by atoms with Crippen LogP contribution in [0.15, 0.2) is 41.3 Å². The van der Waals surface area contributed by atoms with Gasteiger partial charge in [-0.3, -0.25) is 14.9 Å². The second-order valence-corrected chi connectivity index (χ2v) is 6.86. The normalized spacial score (nSPS) is 11.2. The molecule has 6 nitrogen and oxygen atoms in total. The molecular weight excluding hydrogens is 397 g/mol. The minimum atomic E-state index is -4.71. The van der Waals surface area contributed by atoms with E-state index in [4.69, 9.17) is 4.74 Å². The topological polar surface area (TPSA) is 81.5 Å². The third-order valence-corrected chi connectivity index (χ3v) is 4.70. The van der Waals surface area contributed by atoms with Crippen molar-refractivity contribution in [3.8, 4) is 5.75 Å². The number of rotatable bonds is 6. The van der Waals surface area contributed by atoms with Gasteiger partial charge in [0.15, 0.2) is 0 Å². The number of hydrogen-bond donors (Lipinski definition) is 1. The first kappa shape index (κ1) is 21.5. The van der Waals surface area contributed by atoms with Gasteiger partial charge in [-0.2, -0.15) is 13.2 Å². The number of nitrogens with zero attached hydrogens (tertiary/aromatic N) is 1. The number of aryl methyl sites for hydroxylation is 2. The predicted molar refractivity (Wildman–Crippen MR) is 98.8 cm³/mol. The van der Waals surface area contributed by atoms with Gasteiger partial charge in [-0.05, 0) is 61.0 Å². The fourth-order valence-electron chi connectivity index (χ4n) is 2.18. The van der Waals surface area contributed by atoms with Gasteiger partial charge in [0.25, 0.3) is 10.9 Å². The van der Waals surface area contributed by atoms with Crippen molar-refractivity contribution in [2.24, 2.45) is 0 Å². The van der Waals surface area contributed by atoms with Crippen molar-refractivity contribution in [2.45, 2.75) is 24.9 Å².